The zero-order chi connectivity index (χ0) is 13.2. The minimum absolute atomic E-state index is 0.103. The smallest absolute Gasteiger partial charge is 0.0594 e. The van der Waals surface area contributed by atoms with Crippen LogP contribution in [0.3, 0.4) is 0 Å². The summed E-state index contributed by atoms with van der Waals surface area (Å²) < 4.78 is 5.45. The molecule has 3 unspecified atom stereocenters. The van der Waals surface area contributed by atoms with Gasteiger partial charge in [0.05, 0.1) is 13.2 Å². The molecule has 1 aliphatic heterocycles. The number of hydrogen-bond donors (Lipinski definition) is 1. The molecule has 3 nitrogen and oxygen atoms in total. The van der Waals surface area contributed by atoms with Gasteiger partial charge in [0, 0.05) is 24.7 Å². The van der Waals surface area contributed by atoms with Crippen molar-refractivity contribution >= 4 is 0 Å². The Morgan fingerprint density at radius 3 is 2.50 bits per heavy atom. The van der Waals surface area contributed by atoms with Crippen molar-refractivity contribution < 1.29 is 4.74 Å². The number of morpholine rings is 1. The summed E-state index contributed by atoms with van der Waals surface area (Å²) in [6, 6.07) is 0.290. The second-order valence-corrected chi connectivity index (χ2v) is 6.81. The Kier molecular flexibility index (Phi) is 4.68. The van der Waals surface area contributed by atoms with Crippen LogP contribution >= 0.6 is 0 Å². The van der Waals surface area contributed by atoms with Crippen LogP contribution in [0.2, 0.25) is 0 Å². The molecular formula is C15H30N2O. The molecule has 0 amide bonds. The molecule has 2 fully saturated rings. The summed E-state index contributed by atoms with van der Waals surface area (Å²) in [4.78, 5) is 2.53. The third kappa shape index (κ3) is 3.06. The highest BCUT2D eigenvalue weighted by Gasteiger charge is 2.39. The summed E-state index contributed by atoms with van der Waals surface area (Å²) in [7, 11) is 0. The average Bonchev–Trinajstić information content (AvgIpc) is 2.39. The summed E-state index contributed by atoms with van der Waals surface area (Å²) >= 11 is 0. The molecule has 2 rings (SSSR count). The predicted molar refractivity (Wildman–Crippen MR) is 75.6 cm³/mol. The highest BCUT2D eigenvalue weighted by Crippen LogP contribution is 2.35. The van der Waals surface area contributed by atoms with E-state index in [9.17, 15) is 0 Å². The molecule has 1 saturated carbocycles. The van der Waals surface area contributed by atoms with Gasteiger partial charge >= 0.3 is 0 Å². The lowest BCUT2D eigenvalue weighted by atomic mass is 9.73. The molecule has 0 bridgehead atoms. The van der Waals surface area contributed by atoms with Crippen LogP contribution in [0.1, 0.15) is 46.5 Å². The SMILES string of the molecule is CC1CCCC(C(N)C(C)(C)N2CCOCC2)C1. The van der Waals surface area contributed by atoms with E-state index >= 15 is 0 Å². The van der Waals surface area contributed by atoms with Gasteiger partial charge in [-0.25, -0.2) is 0 Å². The fourth-order valence-electron chi connectivity index (χ4n) is 3.73. The average molecular weight is 254 g/mol. The van der Waals surface area contributed by atoms with E-state index in [1.54, 1.807) is 0 Å². The molecule has 0 spiro atoms. The van der Waals surface area contributed by atoms with E-state index in [2.05, 4.69) is 25.7 Å². The van der Waals surface area contributed by atoms with Crippen molar-refractivity contribution in [2.75, 3.05) is 26.3 Å². The van der Waals surface area contributed by atoms with Gasteiger partial charge < -0.3 is 10.5 Å². The highest BCUT2D eigenvalue weighted by atomic mass is 16.5. The maximum absolute atomic E-state index is 6.64. The van der Waals surface area contributed by atoms with Crippen molar-refractivity contribution in [3.63, 3.8) is 0 Å². The molecule has 3 atom stereocenters. The van der Waals surface area contributed by atoms with Crippen LogP contribution in [0, 0.1) is 11.8 Å². The van der Waals surface area contributed by atoms with E-state index in [1.165, 1.54) is 25.7 Å². The molecule has 3 heteroatoms. The van der Waals surface area contributed by atoms with E-state index in [4.69, 9.17) is 10.5 Å². The number of nitrogens with zero attached hydrogens (tertiary/aromatic N) is 1. The zero-order valence-corrected chi connectivity index (χ0v) is 12.3. The van der Waals surface area contributed by atoms with Gasteiger partial charge in [-0.3, -0.25) is 4.90 Å². The number of rotatable bonds is 3. The van der Waals surface area contributed by atoms with Crippen molar-refractivity contribution in [3.05, 3.63) is 0 Å². The summed E-state index contributed by atoms with van der Waals surface area (Å²) in [5.41, 5.74) is 6.74. The van der Waals surface area contributed by atoms with Crippen LogP contribution in [-0.2, 0) is 4.74 Å². The molecule has 106 valence electrons. The standard InChI is InChI=1S/C15H30N2O/c1-12-5-4-6-13(11-12)14(16)15(2,3)17-7-9-18-10-8-17/h12-14H,4-11,16H2,1-3H3. The highest BCUT2D eigenvalue weighted by molar-refractivity contribution is 4.97. The Hall–Kier alpha value is -0.120. The van der Waals surface area contributed by atoms with Crippen molar-refractivity contribution in [1.82, 2.24) is 4.90 Å². The van der Waals surface area contributed by atoms with E-state index < -0.39 is 0 Å². The predicted octanol–water partition coefficient (Wildman–Crippen LogP) is 2.25. The molecule has 2 N–H and O–H groups in total. The molecule has 0 radical (unpaired) electrons. The van der Waals surface area contributed by atoms with Gasteiger partial charge in [-0.15, -0.1) is 0 Å². The maximum atomic E-state index is 6.64. The van der Waals surface area contributed by atoms with Crippen LogP contribution in [0.25, 0.3) is 0 Å². The van der Waals surface area contributed by atoms with Crippen molar-refractivity contribution in [3.8, 4) is 0 Å². The molecule has 0 aromatic carbocycles. The molecule has 0 aromatic heterocycles. The molecule has 1 aliphatic carbocycles. The molecule has 2 aliphatic rings. The molecule has 0 aromatic rings. The monoisotopic (exact) mass is 254 g/mol. The number of nitrogens with two attached hydrogens (primary N) is 1. The zero-order valence-electron chi connectivity index (χ0n) is 12.3. The first kappa shape index (κ1) is 14.3. The lowest BCUT2D eigenvalue weighted by molar-refractivity contribution is -0.0292. The van der Waals surface area contributed by atoms with E-state index in [-0.39, 0.29) is 5.54 Å². The summed E-state index contributed by atoms with van der Waals surface area (Å²) in [6.07, 6.45) is 5.38. The number of hydrogen-bond acceptors (Lipinski definition) is 3. The molecule has 18 heavy (non-hydrogen) atoms. The molecule has 1 heterocycles. The van der Waals surface area contributed by atoms with E-state index in [0.717, 1.165) is 32.2 Å². The summed E-state index contributed by atoms with van der Waals surface area (Å²) in [5, 5.41) is 0. The fraction of sp³-hybridized carbons (Fsp3) is 1.00. The van der Waals surface area contributed by atoms with Gasteiger partial charge in [-0.2, -0.15) is 0 Å². The minimum atomic E-state index is 0.103. The van der Waals surface area contributed by atoms with Crippen molar-refractivity contribution in [2.24, 2.45) is 17.6 Å². The first-order valence-electron chi connectivity index (χ1n) is 7.60. The van der Waals surface area contributed by atoms with Crippen LogP contribution in [-0.4, -0.2) is 42.8 Å². The Morgan fingerprint density at radius 1 is 1.22 bits per heavy atom. The normalized spacial score (nSPS) is 33.3. The van der Waals surface area contributed by atoms with E-state index in [0.29, 0.717) is 12.0 Å². The largest absolute Gasteiger partial charge is 0.379 e. The Labute approximate surface area is 112 Å². The van der Waals surface area contributed by atoms with E-state index in [1.807, 2.05) is 0 Å². The summed E-state index contributed by atoms with van der Waals surface area (Å²) in [6.45, 7) is 10.8. The quantitative estimate of drug-likeness (QED) is 0.839. The molecular weight excluding hydrogens is 224 g/mol. The second kappa shape index (κ2) is 5.89. The van der Waals surface area contributed by atoms with Gasteiger partial charge in [0.2, 0.25) is 0 Å². The van der Waals surface area contributed by atoms with Gasteiger partial charge in [0.1, 0.15) is 0 Å². The number of ether oxygens (including phenoxy) is 1. The van der Waals surface area contributed by atoms with Gasteiger partial charge in [0.25, 0.3) is 0 Å². The van der Waals surface area contributed by atoms with Crippen molar-refractivity contribution in [1.29, 1.82) is 0 Å². The first-order chi connectivity index (χ1) is 8.51. The lowest BCUT2D eigenvalue weighted by Crippen LogP contribution is -2.61. The Balaban J connectivity index is 1.98. The minimum Gasteiger partial charge on any atom is -0.379 e. The topological polar surface area (TPSA) is 38.5 Å². The lowest BCUT2D eigenvalue weighted by Gasteiger charge is -2.48. The van der Waals surface area contributed by atoms with Crippen molar-refractivity contribution in [2.45, 2.75) is 58.0 Å². The fourth-order valence-corrected chi connectivity index (χ4v) is 3.73. The van der Waals surface area contributed by atoms with Gasteiger partial charge in [-0.1, -0.05) is 19.8 Å². The van der Waals surface area contributed by atoms with Crippen LogP contribution in [0.4, 0.5) is 0 Å². The van der Waals surface area contributed by atoms with Crippen LogP contribution in [0.5, 0.6) is 0 Å². The Bertz CT molecular complexity index is 261. The second-order valence-electron chi connectivity index (χ2n) is 6.81. The van der Waals surface area contributed by atoms with Gasteiger partial charge in [-0.05, 0) is 38.5 Å². The van der Waals surface area contributed by atoms with Crippen LogP contribution in [0.15, 0.2) is 0 Å². The Morgan fingerprint density at radius 2 is 1.89 bits per heavy atom. The third-order valence-corrected chi connectivity index (χ3v) is 5.13. The third-order valence-electron chi connectivity index (χ3n) is 5.13. The maximum Gasteiger partial charge on any atom is 0.0594 e. The first-order valence-corrected chi connectivity index (χ1v) is 7.60. The summed E-state index contributed by atoms with van der Waals surface area (Å²) in [5.74, 6) is 1.56. The van der Waals surface area contributed by atoms with Crippen LogP contribution < -0.4 is 5.73 Å². The molecule has 1 saturated heterocycles. The van der Waals surface area contributed by atoms with Gasteiger partial charge in [0.15, 0.2) is 0 Å².